The van der Waals surface area contributed by atoms with Crippen LogP contribution < -0.4 is 10.6 Å². The summed E-state index contributed by atoms with van der Waals surface area (Å²) in [5.41, 5.74) is 0.485. The number of nitro benzene ring substituents is 1. The van der Waals surface area contributed by atoms with Crippen molar-refractivity contribution in [2.45, 2.75) is 39.2 Å². The van der Waals surface area contributed by atoms with Crippen molar-refractivity contribution < 1.29 is 14.8 Å². The number of aliphatic hydroxyl groups is 1. The molecule has 0 unspecified atom stereocenters. The van der Waals surface area contributed by atoms with Crippen LogP contribution in [0.2, 0.25) is 0 Å². The Labute approximate surface area is 123 Å². The highest BCUT2D eigenvalue weighted by molar-refractivity contribution is 5.90. The summed E-state index contributed by atoms with van der Waals surface area (Å²) in [6, 6.07) is 3.99. The maximum absolute atomic E-state index is 12.0. The number of carbonyl (C=O) groups is 1. The molecule has 0 aliphatic carbocycles. The number of rotatable bonds is 6. The predicted molar refractivity (Wildman–Crippen MR) is 80.4 cm³/mol. The van der Waals surface area contributed by atoms with Crippen molar-refractivity contribution in [2.24, 2.45) is 0 Å². The summed E-state index contributed by atoms with van der Waals surface area (Å²) in [4.78, 5) is 22.2. The van der Waals surface area contributed by atoms with Crippen LogP contribution >= 0.6 is 0 Å². The lowest BCUT2D eigenvalue weighted by Gasteiger charge is -2.29. The van der Waals surface area contributed by atoms with Crippen molar-refractivity contribution in [2.75, 3.05) is 11.9 Å². The van der Waals surface area contributed by atoms with Crippen LogP contribution in [0.25, 0.3) is 0 Å². The third-order valence-electron chi connectivity index (χ3n) is 3.51. The molecule has 3 N–H and O–H groups in total. The molecule has 0 fully saturated rings. The summed E-state index contributed by atoms with van der Waals surface area (Å²) in [6.07, 6.45) is 1.14. The Morgan fingerprint density at radius 2 is 2.14 bits per heavy atom. The van der Waals surface area contributed by atoms with E-state index in [1.807, 2.05) is 13.8 Å². The van der Waals surface area contributed by atoms with Crippen LogP contribution in [0.4, 0.5) is 16.2 Å². The number of urea groups is 1. The molecule has 2 amide bonds. The predicted octanol–water partition coefficient (Wildman–Crippen LogP) is 2.58. The van der Waals surface area contributed by atoms with Crippen LogP contribution in [-0.2, 0) is 0 Å². The average Bonchev–Trinajstić information content (AvgIpc) is 2.38. The van der Waals surface area contributed by atoms with Crippen LogP contribution in [0.5, 0.6) is 0 Å². The Morgan fingerprint density at radius 3 is 2.62 bits per heavy atom. The van der Waals surface area contributed by atoms with E-state index in [9.17, 15) is 14.9 Å². The average molecular weight is 295 g/mol. The minimum absolute atomic E-state index is 0.0126. The van der Waals surface area contributed by atoms with Gasteiger partial charge in [-0.1, -0.05) is 6.92 Å². The molecular weight excluding hydrogens is 274 g/mol. The van der Waals surface area contributed by atoms with E-state index in [1.54, 1.807) is 13.0 Å². The fourth-order valence-electron chi connectivity index (χ4n) is 1.95. The van der Waals surface area contributed by atoms with Gasteiger partial charge < -0.3 is 15.7 Å². The van der Waals surface area contributed by atoms with Crippen molar-refractivity contribution in [1.29, 1.82) is 0 Å². The molecular formula is C14H21N3O4. The van der Waals surface area contributed by atoms with Gasteiger partial charge in [-0.2, -0.15) is 0 Å². The zero-order valence-corrected chi connectivity index (χ0v) is 12.5. The molecule has 1 atom stereocenters. The Morgan fingerprint density at radius 1 is 1.48 bits per heavy atom. The Bertz CT molecular complexity index is 533. The number of benzene rings is 1. The highest BCUT2D eigenvalue weighted by atomic mass is 16.6. The van der Waals surface area contributed by atoms with Gasteiger partial charge in [0.05, 0.1) is 4.92 Å². The molecule has 0 aliphatic rings. The second-order valence-corrected chi connectivity index (χ2v) is 5.23. The molecule has 0 aromatic heterocycles. The van der Waals surface area contributed by atoms with Gasteiger partial charge in [0, 0.05) is 29.5 Å². The van der Waals surface area contributed by atoms with E-state index in [-0.39, 0.29) is 12.3 Å². The van der Waals surface area contributed by atoms with Crippen molar-refractivity contribution in [1.82, 2.24) is 5.32 Å². The van der Waals surface area contributed by atoms with E-state index >= 15 is 0 Å². The summed E-state index contributed by atoms with van der Waals surface area (Å²) in [7, 11) is 0. The second kappa shape index (κ2) is 7.03. The zero-order chi connectivity index (χ0) is 16.0. The van der Waals surface area contributed by atoms with Crippen molar-refractivity contribution >= 4 is 17.4 Å². The molecule has 0 spiro atoms. The second-order valence-electron chi connectivity index (χ2n) is 5.23. The Kier molecular flexibility index (Phi) is 5.66. The van der Waals surface area contributed by atoms with Crippen molar-refractivity contribution in [3.63, 3.8) is 0 Å². The van der Waals surface area contributed by atoms with Crippen LogP contribution in [-0.4, -0.2) is 28.2 Å². The third-order valence-corrected chi connectivity index (χ3v) is 3.51. The summed E-state index contributed by atoms with van der Waals surface area (Å²) < 4.78 is 0. The number of aliphatic hydroxyl groups excluding tert-OH is 1. The minimum Gasteiger partial charge on any atom is -0.396 e. The maximum Gasteiger partial charge on any atom is 0.319 e. The van der Waals surface area contributed by atoms with Crippen LogP contribution in [0.3, 0.4) is 0 Å². The first kappa shape index (κ1) is 16.9. The zero-order valence-electron chi connectivity index (χ0n) is 12.5. The Balaban J connectivity index is 2.75. The topological polar surface area (TPSA) is 104 Å². The summed E-state index contributed by atoms with van der Waals surface area (Å²) >= 11 is 0. The van der Waals surface area contributed by atoms with E-state index in [0.29, 0.717) is 24.1 Å². The third kappa shape index (κ3) is 4.71. The normalized spacial score (nSPS) is 13.3. The lowest BCUT2D eigenvalue weighted by Crippen LogP contribution is -2.48. The molecule has 1 aromatic carbocycles. The summed E-state index contributed by atoms with van der Waals surface area (Å²) in [5.74, 6) is 0. The lowest BCUT2D eigenvalue weighted by atomic mass is 9.95. The fraction of sp³-hybridized carbons (Fsp3) is 0.500. The van der Waals surface area contributed by atoms with E-state index < -0.39 is 16.5 Å². The quantitative estimate of drug-likeness (QED) is 0.554. The van der Waals surface area contributed by atoms with Gasteiger partial charge in [0.15, 0.2) is 0 Å². The number of hydrogen-bond donors (Lipinski definition) is 3. The molecule has 7 nitrogen and oxygen atoms in total. The van der Waals surface area contributed by atoms with Gasteiger partial charge in [-0.05, 0) is 38.8 Å². The SMILES string of the molecule is CC[C@@](C)(CCO)NC(=O)Nc1ccc([N+](=O)[O-])c(C)c1. The van der Waals surface area contributed by atoms with E-state index in [0.717, 1.165) is 0 Å². The molecule has 0 saturated heterocycles. The lowest BCUT2D eigenvalue weighted by molar-refractivity contribution is -0.385. The highest BCUT2D eigenvalue weighted by Gasteiger charge is 2.23. The first-order chi connectivity index (χ1) is 9.81. The molecule has 1 rings (SSSR count). The van der Waals surface area contributed by atoms with Crippen molar-refractivity contribution in [3.8, 4) is 0 Å². The number of aryl methyl sites for hydroxylation is 1. The van der Waals surface area contributed by atoms with Crippen molar-refractivity contribution in [3.05, 3.63) is 33.9 Å². The molecule has 21 heavy (non-hydrogen) atoms. The number of nitrogens with zero attached hydrogens (tertiary/aromatic N) is 1. The number of nitrogens with one attached hydrogen (secondary N) is 2. The first-order valence-electron chi connectivity index (χ1n) is 6.76. The molecule has 0 aliphatic heterocycles. The monoisotopic (exact) mass is 295 g/mol. The van der Waals surface area contributed by atoms with E-state index in [2.05, 4.69) is 10.6 Å². The van der Waals surface area contributed by atoms with Gasteiger partial charge in [0.2, 0.25) is 0 Å². The minimum atomic E-state index is -0.491. The molecule has 0 radical (unpaired) electrons. The van der Waals surface area contributed by atoms with Gasteiger partial charge in [-0.15, -0.1) is 0 Å². The highest BCUT2D eigenvalue weighted by Crippen LogP contribution is 2.22. The Hall–Kier alpha value is -2.15. The maximum atomic E-state index is 12.0. The summed E-state index contributed by atoms with van der Waals surface area (Å²) in [5, 5.41) is 25.2. The van der Waals surface area contributed by atoms with Gasteiger partial charge in [0.1, 0.15) is 0 Å². The number of hydrogen-bond acceptors (Lipinski definition) is 4. The van der Waals surface area contributed by atoms with Gasteiger partial charge in [-0.25, -0.2) is 4.79 Å². The van der Waals surface area contributed by atoms with Gasteiger partial charge in [0.25, 0.3) is 5.69 Å². The fourth-order valence-corrected chi connectivity index (χ4v) is 1.95. The number of carbonyl (C=O) groups excluding carboxylic acids is 1. The molecule has 116 valence electrons. The van der Waals surface area contributed by atoms with E-state index in [1.165, 1.54) is 12.1 Å². The summed E-state index contributed by atoms with van der Waals surface area (Å²) in [6.45, 7) is 5.38. The first-order valence-corrected chi connectivity index (χ1v) is 6.76. The smallest absolute Gasteiger partial charge is 0.319 e. The molecule has 1 aromatic rings. The molecule has 7 heteroatoms. The molecule has 0 bridgehead atoms. The van der Waals surface area contributed by atoms with E-state index in [4.69, 9.17) is 5.11 Å². The van der Waals surface area contributed by atoms with Gasteiger partial charge in [-0.3, -0.25) is 10.1 Å². The molecule has 0 heterocycles. The number of amides is 2. The van der Waals surface area contributed by atoms with Crippen LogP contribution in [0.1, 0.15) is 32.3 Å². The molecule has 0 saturated carbocycles. The number of nitro groups is 1. The standard InChI is InChI=1S/C14H21N3O4/c1-4-14(3,7-8-18)16-13(19)15-11-5-6-12(17(20)21)10(2)9-11/h5-6,9,18H,4,7-8H2,1-3H3,(H2,15,16,19)/t14-/m0/s1. The van der Waals surface area contributed by atoms with Gasteiger partial charge >= 0.3 is 6.03 Å². The largest absolute Gasteiger partial charge is 0.396 e. The van der Waals surface area contributed by atoms with Crippen LogP contribution in [0, 0.1) is 17.0 Å². The van der Waals surface area contributed by atoms with Crippen LogP contribution in [0.15, 0.2) is 18.2 Å². The number of anilines is 1.